The third-order valence-electron chi connectivity index (χ3n) is 3.76. The van der Waals surface area contributed by atoms with Gasteiger partial charge in [0.2, 0.25) is 0 Å². The zero-order chi connectivity index (χ0) is 11.8. The van der Waals surface area contributed by atoms with Crippen molar-refractivity contribution in [3.05, 3.63) is 28.3 Å². The number of ether oxygens (including phenoxy) is 1. The van der Waals surface area contributed by atoms with Crippen molar-refractivity contribution in [2.45, 2.75) is 38.2 Å². The lowest BCUT2D eigenvalue weighted by molar-refractivity contribution is 0.250. The molecule has 1 unspecified atom stereocenters. The van der Waals surface area contributed by atoms with E-state index in [1.165, 1.54) is 24.0 Å². The van der Waals surface area contributed by atoms with Crippen molar-refractivity contribution < 1.29 is 4.74 Å². The summed E-state index contributed by atoms with van der Waals surface area (Å²) in [6.45, 7) is 4.32. The van der Waals surface area contributed by atoms with Crippen molar-refractivity contribution in [3.8, 4) is 5.75 Å². The van der Waals surface area contributed by atoms with Gasteiger partial charge >= 0.3 is 0 Å². The molecule has 2 heterocycles. The Kier molecular flexibility index (Phi) is 3.01. The molecule has 1 aromatic rings. The summed E-state index contributed by atoms with van der Waals surface area (Å²) in [5.41, 5.74) is 2.62. The molecule has 1 N–H and O–H groups in total. The summed E-state index contributed by atoms with van der Waals surface area (Å²) in [6, 6.07) is 4.17. The van der Waals surface area contributed by atoms with E-state index in [-0.39, 0.29) is 0 Å². The van der Waals surface area contributed by atoms with Crippen LogP contribution in [0.15, 0.2) is 12.1 Å². The Balaban J connectivity index is 1.98. The maximum atomic E-state index is 6.22. The maximum absolute atomic E-state index is 6.22. The molecule has 0 saturated carbocycles. The van der Waals surface area contributed by atoms with Crippen molar-refractivity contribution in [2.24, 2.45) is 0 Å². The first-order valence-electron chi connectivity index (χ1n) is 6.43. The molecule has 1 fully saturated rings. The molecule has 0 spiro atoms. The van der Waals surface area contributed by atoms with E-state index in [2.05, 4.69) is 24.4 Å². The number of halogens is 1. The fourth-order valence-corrected chi connectivity index (χ4v) is 3.21. The summed E-state index contributed by atoms with van der Waals surface area (Å²) in [4.78, 5) is 0. The minimum Gasteiger partial charge on any atom is -0.490 e. The van der Waals surface area contributed by atoms with Gasteiger partial charge in [-0.1, -0.05) is 11.6 Å². The summed E-state index contributed by atoms with van der Waals surface area (Å²) in [6.07, 6.45) is 3.66. The van der Waals surface area contributed by atoms with Crippen LogP contribution in [0, 0.1) is 0 Å². The van der Waals surface area contributed by atoms with Crippen molar-refractivity contribution in [3.63, 3.8) is 0 Å². The Labute approximate surface area is 107 Å². The third kappa shape index (κ3) is 2.16. The largest absolute Gasteiger partial charge is 0.490 e. The zero-order valence-electron chi connectivity index (χ0n) is 10.1. The minimum atomic E-state index is 0.295. The van der Waals surface area contributed by atoms with E-state index in [0.29, 0.717) is 12.0 Å². The van der Waals surface area contributed by atoms with Gasteiger partial charge in [-0.25, -0.2) is 0 Å². The molecular weight excluding hydrogens is 234 g/mol. The molecule has 2 aliphatic heterocycles. The van der Waals surface area contributed by atoms with Crippen LogP contribution < -0.4 is 10.1 Å². The van der Waals surface area contributed by atoms with Crippen LogP contribution in [0.3, 0.4) is 0 Å². The highest BCUT2D eigenvalue weighted by molar-refractivity contribution is 6.30. The molecular formula is C14H18ClNO. The second-order valence-corrected chi connectivity index (χ2v) is 5.58. The Hall–Kier alpha value is -0.730. The van der Waals surface area contributed by atoms with Crippen molar-refractivity contribution >= 4 is 11.6 Å². The lowest BCUT2D eigenvalue weighted by Crippen LogP contribution is -2.26. The van der Waals surface area contributed by atoms with E-state index in [4.69, 9.17) is 16.3 Å². The molecule has 3 heteroatoms. The Morgan fingerprint density at radius 3 is 2.82 bits per heavy atom. The van der Waals surface area contributed by atoms with E-state index in [1.54, 1.807) is 0 Å². The molecule has 3 rings (SSSR count). The second kappa shape index (κ2) is 4.51. The highest BCUT2D eigenvalue weighted by Gasteiger charge is 2.27. The normalized spacial score (nSPS) is 24.5. The lowest BCUT2D eigenvalue weighted by atomic mass is 9.88. The molecule has 0 radical (unpaired) electrons. The van der Waals surface area contributed by atoms with Crippen LogP contribution >= 0.6 is 11.6 Å². The summed E-state index contributed by atoms with van der Waals surface area (Å²) in [5.74, 6) is 1.72. The van der Waals surface area contributed by atoms with Gasteiger partial charge in [-0.2, -0.15) is 0 Å². The van der Waals surface area contributed by atoms with Crippen LogP contribution in [0.25, 0.3) is 0 Å². The van der Waals surface area contributed by atoms with Gasteiger partial charge in [-0.3, -0.25) is 0 Å². The number of rotatable bonds is 1. The molecule has 1 aromatic carbocycles. The van der Waals surface area contributed by atoms with Crippen molar-refractivity contribution in [1.82, 2.24) is 5.32 Å². The van der Waals surface area contributed by atoms with Gasteiger partial charge in [-0.15, -0.1) is 0 Å². The van der Waals surface area contributed by atoms with E-state index in [0.717, 1.165) is 30.3 Å². The van der Waals surface area contributed by atoms with Crippen LogP contribution in [0.2, 0.25) is 5.02 Å². The minimum absolute atomic E-state index is 0.295. The first-order chi connectivity index (χ1) is 8.24. The average Bonchev–Trinajstić information content (AvgIpc) is 2.69. The Bertz CT molecular complexity index is 426. The smallest absolute Gasteiger partial charge is 0.126 e. The highest BCUT2D eigenvalue weighted by atomic mass is 35.5. The fraction of sp³-hybridized carbons (Fsp3) is 0.571. The first kappa shape index (κ1) is 11.4. The number of piperidine rings is 1. The van der Waals surface area contributed by atoms with Crippen LogP contribution in [-0.4, -0.2) is 19.2 Å². The third-order valence-corrected chi connectivity index (χ3v) is 3.98. The lowest BCUT2D eigenvalue weighted by Gasteiger charge is -2.25. The topological polar surface area (TPSA) is 21.3 Å². The predicted octanol–water partition coefficient (Wildman–Crippen LogP) is 3.13. The van der Waals surface area contributed by atoms with Crippen LogP contribution in [0.4, 0.5) is 0 Å². The summed E-state index contributed by atoms with van der Waals surface area (Å²) in [7, 11) is 0. The number of hydrogen-bond donors (Lipinski definition) is 1. The zero-order valence-corrected chi connectivity index (χ0v) is 10.9. The molecule has 92 valence electrons. The number of nitrogens with one attached hydrogen (secondary N) is 1. The molecule has 17 heavy (non-hydrogen) atoms. The van der Waals surface area contributed by atoms with Gasteiger partial charge in [-0.05, 0) is 62.0 Å². The summed E-state index contributed by atoms with van der Waals surface area (Å²) >= 11 is 6.22. The molecule has 0 amide bonds. The standard InChI is InChI=1S/C14H18ClNO/c1-9-6-11-7-12(15)8-13(14(11)17-9)10-2-4-16-5-3-10/h7-10,16H,2-6H2,1H3. The molecule has 0 aromatic heterocycles. The SMILES string of the molecule is CC1Cc2cc(Cl)cc(C3CCNCC3)c2O1. The van der Waals surface area contributed by atoms with Crippen LogP contribution in [-0.2, 0) is 6.42 Å². The molecule has 0 aliphatic carbocycles. The molecule has 1 atom stereocenters. The van der Waals surface area contributed by atoms with Crippen molar-refractivity contribution in [2.75, 3.05) is 13.1 Å². The number of fused-ring (bicyclic) bond motifs is 1. The average molecular weight is 252 g/mol. The van der Waals surface area contributed by atoms with Gasteiger partial charge in [0.1, 0.15) is 11.9 Å². The van der Waals surface area contributed by atoms with Crippen molar-refractivity contribution in [1.29, 1.82) is 0 Å². The molecule has 2 nitrogen and oxygen atoms in total. The molecule has 1 saturated heterocycles. The van der Waals surface area contributed by atoms with Crippen LogP contribution in [0.1, 0.15) is 36.8 Å². The van der Waals surface area contributed by atoms with Gasteiger partial charge in [0.25, 0.3) is 0 Å². The Morgan fingerprint density at radius 1 is 1.29 bits per heavy atom. The van der Waals surface area contributed by atoms with E-state index in [9.17, 15) is 0 Å². The van der Waals surface area contributed by atoms with E-state index in [1.807, 2.05) is 0 Å². The first-order valence-corrected chi connectivity index (χ1v) is 6.81. The number of benzene rings is 1. The fourth-order valence-electron chi connectivity index (χ4n) is 2.96. The van der Waals surface area contributed by atoms with Crippen LogP contribution in [0.5, 0.6) is 5.75 Å². The van der Waals surface area contributed by atoms with Gasteiger partial charge in [0.05, 0.1) is 0 Å². The monoisotopic (exact) mass is 251 g/mol. The van der Waals surface area contributed by atoms with Gasteiger partial charge in [0.15, 0.2) is 0 Å². The van der Waals surface area contributed by atoms with E-state index >= 15 is 0 Å². The van der Waals surface area contributed by atoms with Gasteiger partial charge < -0.3 is 10.1 Å². The molecule has 2 aliphatic rings. The number of hydrogen-bond acceptors (Lipinski definition) is 2. The van der Waals surface area contributed by atoms with E-state index < -0.39 is 0 Å². The quantitative estimate of drug-likeness (QED) is 0.828. The summed E-state index contributed by atoms with van der Waals surface area (Å²) < 4.78 is 5.97. The summed E-state index contributed by atoms with van der Waals surface area (Å²) in [5, 5.41) is 4.26. The molecule has 0 bridgehead atoms. The Morgan fingerprint density at radius 2 is 2.06 bits per heavy atom. The van der Waals surface area contributed by atoms with Gasteiger partial charge in [0, 0.05) is 11.4 Å². The predicted molar refractivity (Wildman–Crippen MR) is 70.1 cm³/mol. The second-order valence-electron chi connectivity index (χ2n) is 5.14. The maximum Gasteiger partial charge on any atom is 0.126 e. The highest BCUT2D eigenvalue weighted by Crippen LogP contribution is 2.41.